The monoisotopic (exact) mass is 661 g/mol. The SMILES string of the molecule is C=CCN(CCCCC)C(=O)C1N([C@H](C)CO)C(=O)[C@@H]2[C@H](C(=O)N(CC=C)c3ccc(OCC)cc3)[C@H]3SC12CC3Br. The number of halogens is 1. The van der Waals surface area contributed by atoms with Gasteiger partial charge in [0.1, 0.15) is 11.8 Å². The predicted octanol–water partition coefficient (Wildman–Crippen LogP) is 4.65. The standard InChI is InChI=1S/C32H44BrN3O5S/c1-6-10-11-18-34(16-7-2)31(40)28-32-19-24(33)27(42-32)25(26(32)30(39)36(28)21(5)20-37)29(38)35(17-8-3)22-12-14-23(15-13-22)41-9-4/h7-8,12-15,21,24-28,37H,2-3,6,9-11,16-20H2,1,4-5H3/t21-,24?,25+,26+,27+,28?,32?/m1/s1. The molecular weight excluding hydrogens is 618 g/mol. The van der Waals surface area contributed by atoms with E-state index in [4.69, 9.17) is 4.74 Å². The van der Waals surface area contributed by atoms with Crippen molar-refractivity contribution in [1.82, 2.24) is 9.80 Å². The summed E-state index contributed by atoms with van der Waals surface area (Å²) in [5.74, 6) is -1.10. The molecule has 0 aromatic heterocycles. The van der Waals surface area contributed by atoms with Crippen LogP contribution < -0.4 is 9.64 Å². The van der Waals surface area contributed by atoms with Gasteiger partial charge in [0.15, 0.2) is 0 Å². The number of aliphatic hydroxyl groups excluding tert-OH is 1. The first kappa shape index (κ1) is 32.6. The Balaban J connectivity index is 1.74. The van der Waals surface area contributed by atoms with Gasteiger partial charge in [0.25, 0.3) is 0 Å². The molecule has 1 N–H and O–H groups in total. The number of carbonyl (C=O) groups excluding carboxylic acids is 3. The van der Waals surface area contributed by atoms with E-state index in [-0.39, 0.29) is 41.0 Å². The Hall–Kier alpha value is -2.30. The minimum atomic E-state index is -0.778. The van der Waals surface area contributed by atoms with E-state index in [0.29, 0.717) is 37.6 Å². The van der Waals surface area contributed by atoms with Gasteiger partial charge in [-0.25, -0.2) is 0 Å². The maximum absolute atomic E-state index is 14.5. The summed E-state index contributed by atoms with van der Waals surface area (Å²) in [5, 5.41) is 10.0. The van der Waals surface area contributed by atoms with Gasteiger partial charge in [-0.15, -0.1) is 24.9 Å². The molecule has 3 heterocycles. The third-order valence-electron chi connectivity index (χ3n) is 8.72. The van der Waals surface area contributed by atoms with Crippen molar-refractivity contribution in [3.05, 3.63) is 49.6 Å². The predicted molar refractivity (Wildman–Crippen MR) is 172 cm³/mol. The third-order valence-corrected chi connectivity index (χ3v) is 11.9. The zero-order valence-corrected chi connectivity index (χ0v) is 27.3. The molecule has 3 saturated heterocycles. The van der Waals surface area contributed by atoms with E-state index in [0.717, 1.165) is 19.3 Å². The summed E-state index contributed by atoms with van der Waals surface area (Å²) in [7, 11) is 0. The molecule has 8 nitrogen and oxygen atoms in total. The van der Waals surface area contributed by atoms with E-state index in [2.05, 4.69) is 36.0 Å². The van der Waals surface area contributed by atoms with Crippen molar-refractivity contribution >= 4 is 51.1 Å². The lowest BCUT2D eigenvalue weighted by Gasteiger charge is -2.39. The van der Waals surface area contributed by atoms with Gasteiger partial charge in [0.2, 0.25) is 17.7 Å². The second-order valence-electron chi connectivity index (χ2n) is 11.4. The maximum atomic E-state index is 14.5. The third kappa shape index (κ3) is 5.78. The molecule has 0 aliphatic carbocycles. The molecular formula is C32H44BrN3O5S. The van der Waals surface area contributed by atoms with Crippen LogP contribution in [0.2, 0.25) is 0 Å². The van der Waals surface area contributed by atoms with Crippen LogP contribution in [0.1, 0.15) is 46.5 Å². The Labute approximate surface area is 262 Å². The van der Waals surface area contributed by atoms with Crippen LogP contribution in [0, 0.1) is 11.8 Å². The number of carbonyl (C=O) groups is 3. The number of hydrogen-bond donors (Lipinski definition) is 1. The van der Waals surface area contributed by atoms with Gasteiger partial charge < -0.3 is 24.5 Å². The van der Waals surface area contributed by atoms with Crippen molar-refractivity contribution in [2.75, 3.05) is 37.7 Å². The van der Waals surface area contributed by atoms with Gasteiger partial charge >= 0.3 is 0 Å². The van der Waals surface area contributed by atoms with Crippen LogP contribution >= 0.6 is 27.7 Å². The van der Waals surface area contributed by atoms with Gasteiger partial charge in [0, 0.05) is 35.4 Å². The average Bonchev–Trinajstić information content (AvgIpc) is 3.58. The van der Waals surface area contributed by atoms with Gasteiger partial charge in [-0.2, -0.15) is 0 Å². The highest BCUT2D eigenvalue weighted by Gasteiger charge is 2.76. The number of likely N-dealkylation sites (tertiary alicyclic amines) is 1. The molecule has 4 rings (SSSR count). The topological polar surface area (TPSA) is 90.4 Å². The van der Waals surface area contributed by atoms with Crippen LogP contribution in [0.3, 0.4) is 0 Å². The number of rotatable bonds is 15. The van der Waals surface area contributed by atoms with Crippen LogP contribution in [-0.2, 0) is 14.4 Å². The lowest BCUT2D eigenvalue weighted by molar-refractivity contribution is -0.145. The van der Waals surface area contributed by atoms with Crippen molar-refractivity contribution in [2.45, 2.75) is 73.4 Å². The first-order valence-electron chi connectivity index (χ1n) is 15.0. The number of ether oxygens (including phenoxy) is 1. The summed E-state index contributed by atoms with van der Waals surface area (Å²) in [6.45, 7) is 15.1. The zero-order valence-electron chi connectivity index (χ0n) is 24.9. The van der Waals surface area contributed by atoms with Crippen LogP contribution in [0.15, 0.2) is 49.6 Å². The number of amides is 3. The molecule has 7 atom stereocenters. The molecule has 0 saturated carbocycles. The lowest BCUT2D eigenvalue weighted by atomic mass is 9.70. The number of fused-ring (bicyclic) bond motifs is 1. The molecule has 1 aromatic rings. The van der Waals surface area contributed by atoms with Gasteiger partial charge in [-0.1, -0.05) is 47.8 Å². The minimum Gasteiger partial charge on any atom is -0.494 e. The Morgan fingerprint density at radius 1 is 1.19 bits per heavy atom. The van der Waals surface area contributed by atoms with Crippen LogP contribution in [0.4, 0.5) is 5.69 Å². The number of benzene rings is 1. The molecule has 1 aromatic carbocycles. The Bertz CT molecular complexity index is 1170. The number of hydrogen-bond acceptors (Lipinski definition) is 6. The largest absolute Gasteiger partial charge is 0.494 e. The quantitative estimate of drug-likeness (QED) is 0.167. The normalized spacial score (nSPS) is 28.4. The molecule has 2 bridgehead atoms. The molecule has 3 fully saturated rings. The van der Waals surface area contributed by atoms with E-state index in [1.807, 2.05) is 31.2 Å². The fourth-order valence-electron chi connectivity index (χ4n) is 6.88. The van der Waals surface area contributed by atoms with Crippen molar-refractivity contribution in [3.8, 4) is 5.75 Å². The molecule has 1 spiro atoms. The van der Waals surface area contributed by atoms with E-state index < -0.39 is 28.7 Å². The second kappa shape index (κ2) is 14.0. The molecule has 42 heavy (non-hydrogen) atoms. The van der Waals surface area contributed by atoms with Gasteiger partial charge in [-0.3, -0.25) is 14.4 Å². The average molecular weight is 663 g/mol. The lowest BCUT2D eigenvalue weighted by Crippen LogP contribution is -2.57. The van der Waals surface area contributed by atoms with Crippen LogP contribution in [0.5, 0.6) is 5.75 Å². The molecule has 3 amide bonds. The van der Waals surface area contributed by atoms with Crippen LogP contribution in [-0.4, -0.2) is 92.4 Å². The molecule has 3 unspecified atom stereocenters. The highest BCUT2D eigenvalue weighted by Crippen LogP contribution is 2.68. The summed E-state index contributed by atoms with van der Waals surface area (Å²) in [5.41, 5.74) is 0.697. The fourth-order valence-corrected chi connectivity index (χ4v) is 10.5. The highest BCUT2D eigenvalue weighted by atomic mass is 79.9. The zero-order chi connectivity index (χ0) is 30.6. The van der Waals surface area contributed by atoms with Crippen molar-refractivity contribution in [2.24, 2.45) is 11.8 Å². The second-order valence-corrected chi connectivity index (χ2v) is 14.1. The number of aliphatic hydroxyl groups is 1. The smallest absolute Gasteiger partial charge is 0.247 e. The molecule has 0 radical (unpaired) electrons. The van der Waals surface area contributed by atoms with Crippen molar-refractivity contribution in [3.63, 3.8) is 0 Å². The van der Waals surface area contributed by atoms with Crippen molar-refractivity contribution < 1.29 is 24.2 Å². The fraction of sp³-hybridized carbons (Fsp3) is 0.594. The number of anilines is 1. The number of unbranched alkanes of at least 4 members (excludes halogenated alkanes) is 2. The van der Waals surface area contributed by atoms with Crippen molar-refractivity contribution in [1.29, 1.82) is 0 Å². The Morgan fingerprint density at radius 3 is 2.48 bits per heavy atom. The van der Waals surface area contributed by atoms with Crippen LogP contribution in [0.25, 0.3) is 0 Å². The van der Waals surface area contributed by atoms with E-state index in [1.165, 1.54) is 0 Å². The number of thioether (sulfide) groups is 1. The summed E-state index contributed by atoms with van der Waals surface area (Å²) in [4.78, 5) is 48.3. The number of nitrogens with zero attached hydrogens (tertiary/aromatic N) is 3. The molecule has 3 aliphatic rings. The first-order chi connectivity index (χ1) is 20.2. The summed E-state index contributed by atoms with van der Waals surface area (Å²) < 4.78 is 4.81. The summed E-state index contributed by atoms with van der Waals surface area (Å²) >= 11 is 5.46. The van der Waals surface area contributed by atoms with E-state index in [9.17, 15) is 19.5 Å². The highest BCUT2D eigenvalue weighted by molar-refractivity contribution is 9.09. The number of alkyl halides is 1. The Morgan fingerprint density at radius 2 is 1.88 bits per heavy atom. The molecule has 3 aliphatic heterocycles. The van der Waals surface area contributed by atoms with Gasteiger partial charge in [0.05, 0.1) is 35.8 Å². The first-order valence-corrected chi connectivity index (χ1v) is 16.8. The molecule has 230 valence electrons. The summed E-state index contributed by atoms with van der Waals surface area (Å²) in [6.07, 6.45) is 6.88. The van der Waals surface area contributed by atoms with E-state index in [1.54, 1.807) is 45.5 Å². The maximum Gasteiger partial charge on any atom is 0.247 e. The summed E-state index contributed by atoms with van der Waals surface area (Å²) in [6, 6.07) is 6.02. The minimum absolute atomic E-state index is 0.0426. The molecule has 10 heteroatoms. The van der Waals surface area contributed by atoms with Gasteiger partial charge in [-0.05, 0) is 51.0 Å². The van der Waals surface area contributed by atoms with E-state index >= 15 is 0 Å². The Kier molecular flexibility index (Phi) is 10.9.